The summed E-state index contributed by atoms with van der Waals surface area (Å²) in [6.07, 6.45) is 7.54. The van der Waals surface area contributed by atoms with Gasteiger partial charge in [0, 0.05) is 0 Å². The summed E-state index contributed by atoms with van der Waals surface area (Å²) in [5.41, 5.74) is 0.540. The molecular weight excluding hydrogens is 458 g/mol. The van der Waals surface area contributed by atoms with Crippen LogP contribution < -0.4 is 5.32 Å². The van der Waals surface area contributed by atoms with E-state index in [1.165, 1.54) is 19.3 Å². The molecule has 0 atom stereocenters. The molecule has 4 saturated carbocycles. The third kappa shape index (κ3) is 5.14. The fourth-order valence-corrected chi connectivity index (χ4v) is 7.72. The van der Waals surface area contributed by atoms with Gasteiger partial charge in [0.05, 0.1) is 25.2 Å². The molecule has 1 amide bonds. The van der Waals surface area contributed by atoms with Gasteiger partial charge in [0.2, 0.25) is 0 Å². The number of thiophene rings is 1. The highest BCUT2D eigenvalue weighted by Gasteiger charge is 2.51. The summed E-state index contributed by atoms with van der Waals surface area (Å²) >= 11 is 0.948. The van der Waals surface area contributed by atoms with E-state index in [1.807, 2.05) is 0 Å². The van der Waals surface area contributed by atoms with E-state index in [0.717, 1.165) is 48.4 Å². The normalized spacial score (nSPS) is 26.7. The molecule has 0 spiro atoms. The van der Waals surface area contributed by atoms with Crippen molar-refractivity contribution in [2.75, 3.05) is 25.1 Å². The van der Waals surface area contributed by atoms with Crippen molar-refractivity contribution in [2.24, 2.45) is 23.2 Å². The lowest BCUT2D eigenvalue weighted by atomic mass is 9.49. The van der Waals surface area contributed by atoms with E-state index in [4.69, 9.17) is 14.2 Å². The lowest BCUT2D eigenvalue weighted by Crippen LogP contribution is -2.47. The Hall–Kier alpha value is -2.42. The highest BCUT2D eigenvalue weighted by molar-refractivity contribution is 7.18. The van der Waals surface area contributed by atoms with E-state index < -0.39 is 24.5 Å². The quantitative estimate of drug-likeness (QED) is 0.400. The smallest absolute Gasteiger partial charge is 0.348 e. The highest BCUT2D eigenvalue weighted by atomic mass is 32.1. The maximum atomic E-state index is 12.6. The van der Waals surface area contributed by atoms with Crippen molar-refractivity contribution in [3.8, 4) is 0 Å². The number of anilines is 1. The van der Waals surface area contributed by atoms with Gasteiger partial charge in [-0.15, -0.1) is 11.3 Å². The van der Waals surface area contributed by atoms with Crippen molar-refractivity contribution in [3.05, 3.63) is 16.0 Å². The molecule has 4 aliphatic rings. The van der Waals surface area contributed by atoms with Crippen LogP contribution in [0.5, 0.6) is 0 Å². The molecule has 4 aliphatic carbocycles. The minimum absolute atomic E-state index is 0.0405. The maximum Gasteiger partial charge on any atom is 0.348 e. The number of hydrogen-bond acceptors (Lipinski definition) is 8. The van der Waals surface area contributed by atoms with Crippen LogP contribution >= 0.6 is 11.3 Å². The molecule has 0 aromatic carbocycles. The molecule has 5 rings (SSSR count). The molecule has 1 aromatic heterocycles. The molecular formula is C25H33NO7S. The highest BCUT2D eigenvalue weighted by Crippen LogP contribution is 2.61. The van der Waals surface area contributed by atoms with Crippen LogP contribution in [0.15, 0.2) is 0 Å². The fourth-order valence-electron chi connectivity index (χ4n) is 6.61. The zero-order valence-corrected chi connectivity index (χ0v) is 20.9. The fraction of sp³-hybridized carbons (Fsp3) is 0.680. The van der Waals surface area contributed by atoms with Gasteiger partial charge in [-0.1, -0.05) is 0 Å². The molecule has 1 heterocycles. The van der Waals surface area contributed by atoms with Crippen LogP contribution in [0.25, 0.3) is 0 Å². The lowest BCUT2D eigenvalue weighted by molar-refractivity contribution is -0.154. The molecule has 0 unspecified atom stereocenters. The van der Waals surface area contributed by atoms with Crippen LogP contribution in [0, 0.1) is 30.1 Å². The molecule has 1 N–H and O–H groups in total. The predicted molar refractivity (Wildman–Crippen MR) is 126 cm³/mol. The molecule has 0 radical (unpaired) electrons. The van der Waals surface area contributed by atoms with Crippen molar-refractivity contribution >= 4 is 40.2 Å². The van der Waals surface area contributed by atoms with Crippen LogP contribution in [0.1, 0.15) is 84.4 Å². The van der Waals surface area contributed by atoms with E-state index in [1.54, 1.807) is 20.8 Å². The second-order valence-electron chi connectivity index (χ2n) is 10.0. The summed E-state index contributed by atoms with van der Waals surface area (Å²) in [5, 5.41) is 2.80. The van der Waals surface area contributed by atoms with Crippen molar-refractivity contribution in [1.29, 1.82) is 0 Å². The molecule has 34 heavy (non-hydrogen) atoms. The third-order valence-corrected chi connectivity index (χ3v) is 8.58. The van der Waals surface area contributed by atoms with Crippen molar-refractivity contribution < 1.29 is 33.4 Å². The van der Waals surface area contributed by atoms with Crippen LogP contribution in [0.3, 0.4) is 0 Å². The Morgan fingerprint density at radius 3 is 2.03 bits per heavy atom. The van der Waals surface area contributed by atoms with Gasteiger partial charge in [-0.2, -0.15) is 0 Å². The number of rotatable bonds is 9. The summed E-state index contributed by atoms with van der Waals surface area (Å²) in [4.78, 5) is 50.2. The standard InChI is InChI=1S/C25H33NO7S/c1-4-31-23(29)20-14(3)21(24(30)32-5-2)34-22(20)26-18(27)13-33-19(28)12-25-9-15-6-16(10-25)8-17(7-15)11-25/h15-17H,4-13H2,1-3H3,(H,26,27). The molecule has 9 heteroatoms. The first-order valence-corrected chi connectivity index (χ1v) is 13.0. The van der Waals surface area contributed by atoms with Gasteiger partial charge in [-0.3, -0.25) is 9.59 Å². The zero-order valence-electron chi connectivity index (χ0n) is 20.1. The topological polar surface area (TPSA) is 108 Å². The molecule has 4 bridgehead atoms. The van der Waals surface area contributed by atoms with Crippen LogP contribution in [0.4, 0.5) is 5.00 Å². The first-order chi connectivity index (χ1) is 16.2. The van der Waals surface area contributed by atoms with Gasteiger partial charge in [-0.05, 0) is 88.0 Å². The number of carbonyl (C=O) groups is 4. The van der Waals surface area contributed by atoms with Gasteiger partial charge in [-0.25, -0.2) is 9.59 Å². The van der Waals surface area contributed by atoms with E-state index in [9.17, 15) is 19.2 Å². The summed E-state index contributed by atoms with van der Waals surface area (Å²) in [7, 11) is 0. The van der Waals surface area contributed by atoms with Gasteiger partial charge in [0.15, 0.2) is 6.61 Å². The van der Waals surface area contributed by atoms with Gasteiger partial charge >= 0.3 is 17.9 Å². The lowest BCUT2D eigenvalue weighted by Gasteiger charge is -2.56. The average molecular weight is 492 g/mol. The SMILES string of the molecule is CCOC(=O)c1sc(NC(=O)COC(=O)CC23CC4CC(CC(C4)C2)C3)c(C(=O)OCC)c1C. The summed E-state index contributed by atoms with van der Waals surface area (Å²) in [5.74, 6) is 0.0789. The molecule has 4 fully saturated rings. The van der Waals surface area contributed by atoms with E-state index in [0.29, 0.717) is 12.0 Å². The Balaban J connectivity index is 1.37. The molecule has 186 valence electrons. The second-order valence-corrected chi connectivity index (χ2v) is 11.0. The first-order valence-electron chi connectivity index (χ1n) is 12.2. The van der Waals surface area contributed by atoms with Gasteiger partial charge in [0.1, 0.15) is 9.88 Å². The van der Waals surface area contributed by atoms with Crippen molar-refractivity contribution in [3.63, 3.8) is 0 Å². The molecule has 8 nitrogen and oxygen atoms in total. The van der Waals surface area contributed by atoms with Crippen LogP contribution in [0.2, 0.25) is 0 Å². The number of ether oxygens (including phenoxy) is 3. The monoisotopic (exact) mass is 491 g/mol. The largest absolute Gasteiger partial charge is 0.462 e. The summed E-state index contributed by atoms with van der Waals surface area (Å²) < 4.78 is 15.5. The van der Waals surface area contributed by atoms with E-state index in [-0.39, 0.29) is 40.0 Å². The Kier molecular flexibility index (Phi) is 7.31. The third-order valence-electron chi connectivity index (χ3n) is 7.39. The minimum Gasteiger partial charge on any atom is -0.462 e. The predicted octanol–water partition coefficient (Wildman–Crippen LogP) is 4.50. The number of esters is 3. The average Bonchev–Trinajstić information content (AvgIpc) is 3.07. The van der Waals surface area contributed by atoms with Gasteiger partial charge in [0.25, 0.3) is 5.91 Å². The number of hydrogen-bond donors (Lipinski definition) is 1. The Morgan fingerprint density at radius 1 is 0.912 bits per heavy atom. The van der Waals surface area contributed by atoms with Crippen LogP contribution in [-0.2, 0) is 23.8 Å². The Morgan fingerprint density at radius 2 is 1.47 bits per heavy atom. The number of amides is 1. The second kappa shape index (κ2) is 10.1. The van der Waals surface area contributed by atoms with Crippen LogP contribution in [-0.4, -0.2) is 43.6 Å². The zero-order chi connectivity index (χ0) is 24.5. The number of nitrogens with one attached hydrogen (secondary N) is 1. The summed E-state index contributed by atoms with van der Waals surface area (Å²) in [6, 6.07) is 0. The first kappa shape index (κ1) is 24.7. The van der Waals surface area contributed by atoms with Crippen molar-refractivity contribution in [1.82, 2.24) is 0 Å². The van der Waals surface area contributed by atoms with Crippen molar-refractivity contribution in [2.45, 2.75) is 65.7 Å². The van der Waals surface area contributed by atoms with Gasteiger partial charge < -0.3 is 19.5 Å². The molecule has 0 saturated heterocycles. The molecule has 1 aromatic rings. The minimum atomic E-state index is -0.638. The van der Waals surface area contributed by atoms with E-state index >= 15 is 0 Å². The summed E-state index contributed by atoms with van der Waals surface area (Å²) in [6.45, 7) is 4.86. The Bertz CT molecular complexity index is 947. The van der Waals surface area contributed by atoms with E-state index in [2.05, 4.69) is 5.32 Å². The molecule has 0 aliphatic heterocycles. The Labute approximate surface area is 203 Å². The number of carbonyl (C=O) groups excluding carboxylic acids is 4. The maximum absolute atomic E-state index is 12.6.